The van der Waals surface area contributed by atoms with Crippen LogP contribution in [0, 0.1) is 6.92 Å². The smallest absolute Gasteiger partial charge is 0.315 e. The summed E-state index contributed by atoms with van der Waals surface area (Å²) in [6.07, 6.45) is 1.49. The maximum Gasteiger partial charge on any atom is 0.315 e. The third kappa shape index (κ3) is 4.36. The Morgan fingerprint density at radius 3 is 2.57 bits per heavy atom. The summed E-state index contributed by atoms with van der Waals surface area (Å²) in [5.74, 6) is 0.418. The first-order chi connectivity index (χ1) is 9.97. The average molecular weight is 288 g/mol. The molecule has 0 aliphatic heterocycles. The number of amides is 2. The van der Waals surface area contributed by atoms with Crippen LogP contribution in [-0.4, -0.2) is 17.7 Å². The first-order valence-corrected chi connectivity index (χ1v) is 6.81. The molecule has 0 bridgehead atoms. The lowest BCUT2D eigenvalue weighted by Gasteiger charge is -2.21. The van der Waals surface area contributed by atoms with Gasteiger partial charge in [0.1, 0.15) is 11.4 Å². The van der Waals surface area contributed by atoms with Gasteiger partial charge in [0, 0.05) is 6.54 Å². The summed E-state index contributed by atoms with van der Waals surface area (Å²) in [5, 5.41) is 15.6. The van der Waals surface area contributed by atoms with Gasteiger partial charge in [-0.3, -0.25) is 0 Å². The van der Waals surface area contributed by atoms with Gasteiger partial charge in [-0.1, -0.05) is 29.8 Å². The molecule has 0 saturated carbocycles. The molecular weight excluding hydrogens is 268 g/mol. The first-order valence-electron chi connectivity index (χ1n) is 6.81. The van der Waals surface area contributed by atoms with E-state index in [2.05, 4.69) is 10.6 Å². The fourth-order valence-corrected chi connectivity index (χ4v) is 1.88. The Labute approximate surface area is 124 Å². The molecule has 5 nitrogen and oxygen atoms in total. The number of carbonyl (C=O) groups is 1. The van der Waals surface area contributed by atoms with Crippen molar-refractivity contribution in [3.05, 3.63) is 59.5 Å². The lowest BCUT2D eigenvalue weighted by atomic mass is 10.0. The normalized spacial score (nSPS) is 13.5. The highest BCUT2D eigenvalue weighted by atomic mass is 16.4. The molecule has 112 valence electrons. The van der Waals surface area contributed by atoms with E-state index in [0.29, 0.717) is 12.3 Å². The van der Waals surface area contributed by atoms with Gasteiger partial charge in [-0.25, -0.2) is 4.79 Å². The van der Waals surface area contributed by atoms with Gasteiger partial charge in [0.05, 0.1) is 12.8 Å². The van der Waals surface area contributed by atoms with Crippen LogP contribution in [0.25, 0.3) is 0 Å². The summed E-state index contributed by atoms with van der Waals surface area (Å²) in [4.78, 5) is 11.7. The van der Waals surface area contributed by atoms with E-state index in [1.165, 1.54) is 11.8 Å². The van der Waals surface area contributed by atoms with E-state index in [0.717, 1.165) is 5.56 Å². The summed E-state index contributed by atoms with van der Waals surface area (Å²) < 4.78 is 5.15. The number of nitrogens with one attached hydrogen (secondary N) is 2. The van der Waals surface area contributed by atoms with Gasteiger partial charge in [-0.2, -0.15) is 0 Å². The van der Waals surface area contributed by atoms with Crippen molar-refractivity contribution in [2.24, 2.45) is 0 Å². The van der Waals surface area contributed by atoms with Crippen molar-refractivity contribution in [1.82, 2.24) is 10.6 Å². The van der Waals surface area contributed by atoms with Crippen molar-refractivity contribution < 1.29 is 14.3 Å². The zero-order valence-corrected chi connectivity index (χ0v) is 12.2. The van der Waals surface area contributed by atoms with Crippen LogP contribution in [0.5, 0.6) is 0 Å². The molecule has 2 amide bonds. The molecule has 0 aliphatic rings. The molecule has 0 fully saturated rings. The number of hydrogen-bond donors (Lipinski definition) is 3. The number of benzene rings is 1. The van der Waals surface area contributed by atoms with Crippen LogP contribution in [0.3, 0.4) is 0 Å². The van der Waals surface area contributed by atoms with Crippen molar-refractivity contribution in [3.63, 3.8) is 0 Å². The van der Waals surface area contributed by atoms with Gasteiger partial charge in [0.2, 0.25) is 0 Å². The predicted octanol–water partition coefficient (Wildman–Crippen LogP) is 2.29. The van der Waals surface area contributed by atoms with E-state index in [4.69, 9.17) is 4.42 Å². The highest BCUT2D eigenvalue weighted by molar-refractivity contribution is 5.73. The Morgan fingerprint density at radius 1 is 1.24 bits per heavy atom. The van der Waals surface area contributed by atoms with E-state index >= 15 is 0 Å². The van der Waals surface area contributed by atoms with Gasteiger partial charge in [-0.15, -0.1) is 0 Å². The third-order valence-electron chi connectivity index (χ3n) is 3.22. The second-order valence-electron chi connectivity index (χ2n) is 5.27. The van der Waals surface area contributed by atoms with E-state index in [1.54, 1.807) is 19.1 Å². The summed E-state index contributed by atoms with van der Waals surface area (Å²) in [6.45, 7) is 4.11. The van der Waals surface area contributed by atoms with Gasteiger partial charge in [0.15, 0.2) is 0 Å². The Balaban J connectivity index is 1.78. The quantitative estimate of drug-likeness (QED) is 0.790. The number of carbonyl (C=O) groups excluding carboxylic acids is 1. The summed E-state index contributed by atoms with van der Waals surface area (Å²) in [7, 11) is 0. The Morgan fingerprint density at radius 2 is 1.95 bits per heavy atom. The molecule has 0 spiro atoms. The van der Waals surface area contributed by atoms with E-state index < -0.39 is 5.60 Å². The maximum atomic E-state index is 11.7. The van der Waals surface area contributed by atoms with Crippen LogP contribution in [0.1, 0.15) is 23.8 Å². The number of rotatable bonds is 5. The number of hydrogen-bond acceptors (Lipinski definition) is 3. The minimum atomic E-state index is -1.23. The number of furan rings is 1. The highest BCUT2D eigenvalue weighted by Crippen LogP contribution is 2.19. The average Bonchev–Trinajstić information content (AvgIpc) is 3.00. The zero-order valence-electron chi connectivity index (χ0n) is 12.2. The van der Waals surface area contributed by atoms with Crippen LogP contribution < -0.4 is 10.6 Å². The molecule has 1 unspecified atom stereocenters. The van der Waals surface area contributed by atoms with E-state index in [1.807, 2.05) is 31.2 Å². The van der Waals surface area contributed by atoms with Gasteiger partial charge >= 0.3 is 6.03 Å². The van der Waals surface area contributed by atoms with Crippen LogP contribution in [0.2, 0.25) is 0 Å². The van der Waals surface area contributed by atoms with Crippen molar-refractivity contribution in [3.8, 4) is 0 Å². The topological polar surface area (TPSA) is 74.5 Å². The second-order valence-corrected chi connectivity index (χ2v) is 5.27. The monoisotopic (exact) mass is 288 g/mol. The molecule has 1 aromatic carbocycles. The third-order valence-corrected chi connectivity index (χ3v) is 3.22. The van der Waals surface area contributed by atoms with Gasteiger partial charge in [-0.05, 0) is 31.5 Å². The number of aliphatic hydroxyl groups is 1. The fraction of sp³-hybridized carbons (Fsp3) is 0.312. The minimum absolute atomic E-state index is 0.0697. The largest absolute Gasteiger partial charge is 0.466 e. The molecule has 1 atom stereocenters. The summed E-state index contributed by atoms with van der Waals surface area (Å²) in [6, 6.07) is 11.0. The molecule has 21 heavy (non-hydrogen) atoms. The molecule has 1 heterocycles. The van der Waals surface area contributed by atoms with E-state index in [-0.39, 0.29) is 12.6 Å². The standard InChI is InChI=1S/C16H20N2O3/c1-12-5-7-13(8-6-12)10-17-15(19)18-11-16(2,20)14-4-3-9-21-14/h3-9,20H,10-11H2,1-2H3,(H2,17,18,19). The van der Waals surface area contributed by atoms with Crippen LogP contribution >= 0.6 is 0 Å². The van der Waals surface area contributed by atoms with Crippen molar-refractivity contribution in [2.45, 2.75) is 26.0 Å². The van der Waals surface area contributed by atoms with Gasteiger partial charge in [0.25, 0.3) is 0 Å². The molecule has 0 aliphatic carbocycles. The molecular formula is C16H20N2O3. The Bertz CT molecular complexity index is 574. The summed E-state index contributed by atoms with van der Waals surface area (Å²) in [5.41, 5.74) is 0.969. The summed E-state index contributed by atoms with van der Waals surface area (Å²) >= 11 is 0. The van der Waals surface area contributed by atoms with Gasteiger partial charge < -0.3 is 20.2 Å². The molecule has 3 N–H and O–H groups in total. The minimum Gasteiger partial charge on any atom is -0.466 e. The zero-order chi connectivity index (χ0) is 15.3. The molecule has 0 saturated heterocycles. The van der Waals surface area contributed by atoms with Crippen molar-refractivity contribution >= 4 is 6.03 Å². The second kappa shape index (κ2) is 6.45. The maximum absolute atomic E-state index is 11.7. The Hall–Kier alpha value is -2.27. The van der Waals surface area contributed by atoms with Crippen molar-refractivity contribution in [2.75, 3.05) is 6.54 Å². The first kappa shape index (κ1) is 15.1. The molecule has 2 rings (SSSR count). The predicted molar refractivity (Wildman–Crippen MR) is 79.7 cm³/mol. The molecule has 5 heteroatoms. The van der Waals surface area contributed by atoms with Crippen LogP contribution in [0.15, 0.2) is 47.1 Å². The van der Waals surface area contributed by atoms with Crippen LogP contribution in [0.4, 0.5) is 4.79 Å². The number of aryl methyl sites for hydroxylation is 1. The SMILES string of the molecule is Cc1ccc(CNC(=O)NCC(C)(O)c2ccco2)cc1. The van der Waals surface area contributed by atoms with Crippen molar-refractivity contribution in [1.29, 1.82) is 0 Å². The fourth-order valence-electron chi connectivity index (χ4n) is 1.88. The van der Waals surface area contributed by atoms with E-state index in [9.17, 15) is 9.90 Å². The molecule has 0 radical (unpaired) electrons. The number of urea groups is 1. The Kier molecular flexibility index (Phi) is 4.65. The molecule has 1 aromatic heterocycles. The highest BCUT2D eigenvalue weighted by Gasteiger charge is 2.26. The lowest BCUT2D eigenvalue weighted by molar-refractivity contribution is 0.0367. The van der Waals surface area contributed by atoms with Crippen LogP contribution in [-0.2, 0) is 12.1 Å². The lowest BCUT2D eigenvalue weighted by Crippen LogP contribution is -2.43. The molecule has 2 aromatic rings.